The van der Waals surface area contributed by atoms with Crippen molar-refractivity contribution in [3.8, 4) is 0 Å². The first-order valence-corrected chi connectivity index (χ1v) is 6.12. The molecule has 0 amide bonds. The third-order valence-electron chi connectivity index (χ3n) is 2.77. The maximum Gasteiger partial charge on any atom is 0.0897 e. The second-order valence-electron chi connectivity index (χ2n) is 4.17. The van der Waals surface area contributed by atoms with Crippen LogP contribution in [0.15, 0.2) is 29.3 Å². The Morgan fingerprint density at radius 3 is 3.06 bits per heavy atom. The molecular formula is C13H18N2O3. The van der Waals surface area contributed by atoms with E-state index in [4.69, 9.17) is 9.94 Å². The van der Waals surface area contributed by atoms with E-state index in [9.17, 15) is 5.11 Å². The van der Waals surface area contributed by atoms with E-state index < -0.39 is 6.10 Å². The highest BCUT2D eigenvalue weighted by Crippen LogP contribution is 2.30. The normalized spacial score (nSPS) is 15.6. The molecule has 0 saturated heterocycles. The molecule has 0 fully saturated rings. The standard InChI is InChI=1S/C13H18N2O3/c16-10-11(17)4-3-9-18-15-8-7-14-12-5-1-2-6-13(12)15/h1-2,5-7,11,16-17H,3-4,8-10H2. The second kappa shape index (κ2) is 6.49. The lowest BCUT2D eigenvalue weighted by atomic mass is 10.2. The molecule has 0 aromatic heterocycles. The molecule has 0 bridgehead atoms. The number of aliphatic hydroxyl groups is 2. The lowest BCUT2D eigenvalue weighted by Crippen LogP contribution is -2.28. The number of aliphatic hydroxyl groups excluding tert-OH is 2. The van der Waals surface area contributed by atoms with Crippen LogP contribution in [0, 0.1) is 0 Å². The number of fused-ring (bicyclic) bond motifs is 1. The number of rotatable bonds is 6. The van der Waals surface area contributed by atoms with Gasteiger partial charge in [-0.25, -0.2) is 5.06 Å². The highest BCUT2D eigenvalue weighted by molar-refractivity contribution is 5.80. The van der Waals surface area contributed by atoms with Crippen LogP contribution in [-0.2, 0) is 4.84 Å². The predicted molar refractivity (Wildman–Crippen MR) is 70.2 cm³/mol. The zero-order valence-electron chi connectivity index (χ0n) is 10.2. The molecular weight excluding hydrogens is 232 g/mol. The van der Waals surface area contributed by atoms with Gasteiger partial charge in [0.2, 0.25) is 0 Å². The monoisotopic (exact) mass is 250 g/mol. The fraction of sp³-hybridized carbons (Fsp3) is 0.462. The number of aliphatic imine (C=N–C) groups is 1. The van der Waals surface area contributed by atoms with Crippen molar-refractivity contribution in [1.82, 2.24) is 0 Å². The minimum Gasteiger partial charge on any atom is -0.394 e. The molecule has 1 atom stereocenters. The van der Waals surface area contributed by atoms with Gasteiger partial charge in [0.15, 0.2) is 0 Å². The van der Waals surface area contributed by atoms with Crippen molar-refractivity contribution in [2.75, 3.05) is 24.8 Å². The van der Waals surface area contributed by atoms with Crippen LogP contribution in [0.2, 0.25) is 0 Å². The number of nitrogens with zero attached hydrogens (tertiary/aromatic N) is 2. The van der Waals surface area contributed by atoms with E-state index in [0.29, 0.717) is 26.0 Å². The van der Waals surface area contributed by atoms with Crippen LogP contribution in [0.4, 0.5) is 11.4 Å². The molecule has 5 nitrogen and oxygen atoms in total. The van der Waals surface area contributed by atoms with Crippen molar-refractivity contribution < 1.29 is 15.1 Å². The quantitative estimate of drug-likeness (QED) is 0.746. The predicted octanol–water partition coefficient (Wildman–Crippen LogP) is 1.27. The van der Waals surface area contributed by atoms with Crippen molar-refractivity contribution >= 4 is 17.6 Å². The Bertz CT molecular complexity index is 409. The summed E-state index contributed by atoms with van der Waals surface area (Å²) in [6, 6.07) is 7.80. The number of hydrogen-bond acceptors (Lipinski definition) is 5. The molecule has 1 aliphatic rings. The molecule has 0 saturated carbocycles. The van der Waals surface area contributed by atoms with Crippen molar-refractivity contribution in [3.05, 3.63) is 24.3 Å². The van der Waals surface area contributed by atoms with E-state index in [2.05, 4.69) is 4.99 Å². The molecule has 1 aromatic carbocycles. The molecule has 0 spiro atoms. The molecule has 18 heavy (non-hydrogen) atoms. The summed E-state index contributed by atoms with van der Waals surface area (Å²) in [5.41, 5.74) is 1.86. The van der Waals surface area contributed by atoms with Gasteiger partial charge in [0.1, 0.15) is 0 Å². The Morgan fingerprint density at radius 2 is 2.22 bits per heavy atom. The summed E-state index contributed by atoms with van der Waals surface area (Å²) < 4.78 is 0. The minimum atomic E-state index is -0.649. The van der Waals surface area contributed by atoms with Crippen LogP contribution < -0.4 is 5.06 Å². The number of para-hydroxylation sites is 2. The van der Waals surface area contributed by atoms with Crippen molar-refractivity contribution in [2.24, 2.45) is 4.99 Å². The van der Waals surface area contributed by atoms with Gasteiger partial charge in [0, 0.05) is 6.21 Å². The zero-order chi connectivity index (χ0) is 12.8. The Kier molecular flexibility index (Phi) is 4.69. The summed E-state index contributed by atoms with van der Waals surface area (Å²) >= 11 is 0. The van der Waals surface area contributed by atoms with Crippen LogP contribution >= 0.6 is 0 Å². The van der Waals surface area contributed by atoms with E-state index in [1.807, 2.05) is 30.5 Å². The summed E-state index contributed by atoms with van der Waals surface area (Å²) in [6.45, 7) is 0.942. The summed E-state index contributed by atoms with van der Waals surface area (Å²) in [4.78, 5) is 9.95. The smallest absolute Gasteiger partial charge is 0.0897 e. The Labute approximate surface area is 106 Å². The van der Waals surface area contributed by atoms with Crippen LogP contribution in [-0.4, -0.2) is 42.3 Å². The molecule has 98 valence electrons. The van der Waals surface area contributed by atoms with E-state index in [1.54, 1.807) is 5.06 Å². The lowest BCUT2D eigenvalue weighted by Gasteiger charge is -2.26. The molecule has 2 N–H and O–H groups in total. The zero-order valence-corrected chi connectivity index (χ0v) is 10.2. The maximum absolute atomic E-state index is 9.21. The van der Waals surface area contributed by atoms with Gasteiger partial charge in [0.25, 0.3) is 0 Å². The average Bonchev–Trinajstić information content (AvgIpc) is 2.43. The fourth-order valence-corrected chi connectivity index (χ4v) is 1.80. The summed E-state index contributed by atoms with van der Waals surface area (Å²) in [7, 11) is 0. The van der Waals surface area contributed by atoms with Gasteiger partial charge in [0.05, 0.1) is 37.2 Å². The van der Waals surface area contributed by atoms with Gasteiger partial charge in [-0.3, -0.25) is 9.83 Å². The first-order valence-electron chi connectivity index (χ1n) is 6.12. The first-order chi connectivity index (χ1) is 8.81. The number of hydroxylamine groups is 1. The molecule has 1 unspecified atom stereocenters. The van der Waals surface area contributed by atoms with Crippen molar-refractivity contribution in [1.29, 1.82) is 0 Å². The molecule has 1 aromatic rings. The fourth-order valence-electron chi connectivity index (χ4n) is 1.80. The Hall–Kier alpha value is -1.43. The molecule has 5 heteroatoms. The molecule has 1 aliphatic heterocycles. The average molecular weight is 250 g/mol. The highest BCUT2D eigenvalue weighted by atomic mass is 16.7. The van der Waals surface area contributed by atoms with E-state index in [1.165, 1.54) is 0 Å². The van der Waals surface area contributed by atoms with Crippen LogP contribution in [0.25, 0.3) is 0 Å². The van der Waals surface area contributed by atoms with E-state index >= 15 is 0 Å². The summed E-state index contributed by atoms with van der Waals surface area (Å²) in [6.07, 6.45) is 2.41. The lowest BCUT2D eigenvalue weighted by molar-refractivity contribution is 0.0658. The van der Waals surface area contributed by atoms with Crippen LogP contribution in [0.5, 0.6) is 0 Å². The van der Waals surface area contributed by atoms with Crippen LogP contribution in [0.1, 0.15) is 12.8 Å². The van der Waals surface area contributed by atoms with E-state index in [0.717, 1.165) is 11.4 Å². The van der Waals surface area contributed by atoms with Crippen LogP contribution in [0.3, 0.4) is 0 Å². The summed E-state index contributed by atoms with van der Waals surface area (Å²) in [5.74, 6) is 0. The second-order valence-corrected chi connectivity index (χ2v) is 4.17. The third-order valence-corrected chi connectivity index (χ3v) is 2.77. The SMILES string of the molecule is OCC(O)CCCON1CC=Nc2ccccc21. The largest absolute Gasteiger partial charge is 0.394 e. The first kappa shape index (κ1) is 13.0. The van der Waals surface area contributed by atoms with Gasteiger partial charge < -0.3 is 10.2 Å². The third kappa shape index (κ3) is 3.29. The molecule has 2 rings (SSSR count). The Morgan fingerprint density at radius 1 is 1.39 bits per heavy atom. The van der Waals surface area contributed by atoms with Gasteiger partial charge in [-0.1, -0.05) is 12.1 Å². The Balaban J connectivity index is 1.82. The van der Waals surface area contributed by atoms with Gasteiger partial charge in [-0.15, -0.1) is 0 Å². The van der Waals surface area contributed by atoms with Gasteiger partial charge in [-0.05, 0) is 25.0 Å². The van der Waals surface area contributed by atoms with Crippen molar-refractivity contribution in [2.45, 2.75) is 18.9 Å². The van der Waals surface area contributed by atoms with Gasteiger partial charge in [-0.2, -0.15) is 0 Å². The topological polar surface area (TPSA) is 65.3 Å². The molecule has 0 aliphatic carbocycles. The molecule has 0 radical (unpaired) electrons. The van der Waals surface area contributed by atoms with Gasteiger partial charge >= 0.3 is 0 Å². The molecule has 1 heterocycles. The minimum absolute atomic E-state index is 0.195. The highest BCUT2D eigenvalue weighted by Gasteiger charge is 2.14. The number of hydrogen-bond donors (Lipinski definition) is 2. The number of anilines is 1. The number of benzene rings is 1. The van der Waals surface area contributed by atoms with Crippen molar-refractivity contribution in [3.63, 3.8) is 0 Å². The van der Waals surface area contributed by atoms with E-state index in [-0.39, 0.29) is 6.61 Å². The maximum atomic E-state index is 9.21. The summed E-state index contributed by atoms with van der Waals surface area (Å²) in [5, 5.41) is 19.7.